The molecule has 2 N–H and O–H groups in total. The SMILES string of the molecule is CCS(=O)(=O)c1ccc(C(CO)NC(=O)c2cnc3c(c2)CN(CC2CCC(C(F)(F)F)CC2)[C@H]3C(C)C)cc1. The van der Waals surface area contributed by atoms with Gasteiger partial charge in [0.25, 0.3) is 5.91 Å². The van der Waals surface area contributed by atoms with Crippen molar-refractivity contribution >= 4 is 15.7 Å². The molecule has 0 saturated heterocycles. The molecule has 1 aromatic heterocycles. The molecule has 2 heterocycles. The monoisotopic (exact) mass is 581 g/mol. The first-order valence-corrected chi connectivity index (χ1v) is 15.5. The number of fused-ring (bicyclic) bond motifs is 1. The zero-order chi connectivity index (χ0) is 29.2. The van der Waals surface area contributed by atoms with Crippen molar-refractivity contribution in [3.05, 3.63) is 58.9 Å². The number of benzene rings is 1. The molecular formula is C29H38F3N3O4S. The highest BCUT2D eigenvalue weighted by molar-refractivity contribution is 7.91. The first-order valence-electron chi connectivity index (χ1n) is 13.9. The minimum Gasteiger partial charge on any atom is -0.394 e. The number of amides is 1. The van der Waals surface area contributed by atoms with E-state index < -0.39 is 33.9 Å². The zero-order valence-corrected chi connectivity index (χ0v) is 23.9. The number of carbonyl (C=O) groups is 1. The molecule has 1 aliphatic carbocycles. The Morgan fingerprint density at radius 3 is 2.35 bits per heavy atom. The maximum absolute atomic E-state index is 13.1. The van der Waals surface area contributed by atoms with Gasteiger partial charge >= 0.3 is 6.18 Å². The lowest BCUT2D eigenvalue weighted by Gasteiger charge is -2.35. The molecular weight excluding hydrogens is 543 g/mol. The second-order valence-corrected chi connectivity index (χ2v) is 13.6. The van der Waals surface area contributed by atoms with Gasteiger partial charge in [-0.25, -0.2) is 8.42 Å². The maximum Gasteiger partial charge on any atom is 0.391 e. The van der Waals surface area contributed by atoms with Gasteiger partial charge in [0.1, 0.15) is 0 Å². The topological polar surface area (TPSA) is 99.6 Å². The zero-order valence-electron chi connectivity index (χ0n) is 23.1. The van der Waals surface area contributed by atoms with E-state index in [1.54, 1.807) is 25.1 Å². The van der Waals surface area contributed by atoms with Crippen molar-refractivity contribution in [3.8, 4) is 0 Å². The Kier molecular flexibility index (Phi) is 9.26. The van der Waals surface area contributed by atoms with Gasteiger partial charge < -0.3 is 10.4 Å². The third kappa shape index (κ3) is 6.69. The van der Waals surface area contributed by atoms with Gasteiger partial charge in [-0.1, -0.05) is 32.9 Å². The number of hydrogen-bond acceptors (Lipinski definition) is 6. The van der Waals surface area contributed by atoms with Crippen LogP contribution < -0.4 is 5.32 Å². The number of halogens is 3. The standard InChI is InChI=1S/C29H38F3N3O4S/c1-4-40(38,39)24-11-7-20(8-12-24)25(17-36)34-28(37)21-13-22-16-35(27(18(2)3)26(22)33-14-21)15-19-5-9-23(10-6-19)29(30,31)32/h7-8,11-14,18-19,23,25,27,36H,4-6,9-10,15-17H2,1-3H3,(H,34,37)/t19?,23?,25?,27-/m0/s1. The number of nitrogens with one attached hydrogen (secondary N) is 1. The van der Waals surface area contributed by atoms with E-state index in [-0.39, 0.29) is 48.0 Å². The van der Waals surface area contributed by atoms with Gasteiger partial charge in [-0.05, 0) is 66.8 Å². The van der Waals surface area contributed by atoms with Gasteiger partial charge in [0.2, 0.25) is 0 Å². The number of hydrogen-bond donors (Lipinski definition) is 2. The summed E-state index contributed by atoms with van der Waals surface area (Å²) in [5, 5.41) is 12.7. The smallest absolute Gasteiger partial charge is 0.391 e. The Morgan fingerprint density at radius 2 is 1.80 bits per heavy atom. The van der Waals surface area contributed by atoms with Crippen LogP contribution >= 0.6 is 0 Å². The molecule has 1 amide bonds. The predicted octanol–water partition coefficient (Wildman–Crippen LogP) is 5.22. The number of aromatic nitrogens is 1. The fraction of sp³-hybridized carbons (Fsp3) is 0.586. The largest absolute Gasteiger partial charge is 0.394 e. The summed E-state index contributed by atoms with van der Waals surface area (Å²) < 4.78 is 63.5. The van der Waals surface area contributed by atoms with Crippen LogP contribution in [-0.2, 0) is 16.4 Å². The van der Waals surface area contributed by atoms with Crippen molar-refractivity contribution in [2.45, 2.75) is 76.2 Å². The van der Waals surface area contributed by atoms with E-state index in [1.165, 1.54) is 18.3 Å². The maximum atomic E-state index is 13.1. The molecule has 1 saturated carbocycles. The first kappa shape index (κ1) is 30.5. The molecule has 2 atom stereocenters. The van der Waals surface area contributed by atoms with Gasteiger partial charge in [0, 0.05) is 19.3 Å². The minimum absolute atomic E-state index is 0.0217. The quantitative estimate of drug-likeness (QED) is 0.421. The highest BCUT2D eigenvalue weighted by atomic mass is 32.2. The number of alkyl halides is 3. The lowest BCUT2D eigenvalue weighted by atomic mass is 9.81. The highest BCUT2D eigenvalue weighted by Gasteiger charge is 2.42. The van der Waals surface area contributed by atoms with E-state index in [0.717, 1.165) is 11.3 Å². The van der Waals surface area contributed by atoms with Crippen molar-refractivity contribution in [3.63, 3.8) is 0 Å². The molecule has 1 aliphatic heterocycles. The average Bonchev–Trinajstić information content (AvgIpc) is 3.28. The van der Waals surface area contributed by atoms with Crippen LogP contribution in [0, 0.1) is 17.8 Å². The van der Waals surface area contributed by atoms with Gasteiger partial charge in [-0.3, -0.25) is 14.7 Å². The number of aliphatic hydroxyl groups is 1. The average molecular weight is 582 g/mol. The van der Waals surface area contributed by atoms with Crippen LogP contribution in [0.15, 0.2) is 41.4 Å². The molecule has 7 nitrogen and oxygen atoms in total. The number of carbonyl (C=O) groups excluding carboxylic acids is 1. The van der Waals surface area contributed by atoms with Crippen LogP contribution in [0.2, 0.25) is 0 Å². The van der Waals surface area contributed by atoms with Crippen molar-refractivity contribution in [2.24, 2.45) is 17.8 Å². The molecule has 0 spiro atoms. The summed E-state index contributed by atoms with van der Waals surface area (Å²) in [6.45, 7) is 6.65. The van der Waals surface area contributed by atoms with E-state index in [2.05, 4.69) is 29.0 Å². The van der Waals surface area contributed by atoms with E-state index in [9.17, 15) is 31.5 Å². The molecule has 1 aromatic carbocycles. The van der Waals surface area contributed by atoms with E-state index >= 15 is 0 Å². The van der Waals surface area contributed by atoms with Crippen molar-refractivity contribution in [1.29, 1.82) is 0 Å². The third-order valence-corrected chi connectivity index (χ3v) is 10.0. The van der Waals surface area contributed by atoms with Crippen molar-refractivity contribution in [1.82, 2.24) is 15.2 Å². The van der Waals surface area contributed by atoms with E-state index in [1.807, 2.05) is 0 Å². The summed E-state index contributed by atoms with van der Waals surface area (Å²) in [6, 6.07) is 7.20. The Morgan fingerprint density at radius 1 is 1.15 bits per heavy atom. The van der Waals surface area contributed by atoms with Crippen LogP contribution in [0.25, 0.3) is 0 Å². The Bertz CT molecular complexity index is 1290. The summed E-state index contributed by atoms with van der Waals surface area (Å²) >= 11 is 0. The minimum atomic E-state index is -4.12. The second kappa shape index (κ2) is 12.2. The number of sulfone groups is 1. The summed E-state index contributed by atoms with van der Waals surface area (Å²) in [5.74, 6) is -1.21. The van der Waals surface area contributed by atoms with E-state index in [0.29, 0.717) is 37.1 Å². The number of aliphatic hydroxyl groups excluding tert-OH is 1. The number of pyridine rings is 1. The Labute approximate surface area is 234 Å². The summed E-state index contributed by atoms with van der Waals surface area (Å²) in [5.41, 5.74) is 2.73. The third-order valence-electron chi connectivity index (χ3n) is 8.25. The van der Waals surface area contributed by atoms with Crippen LogP contribution in [0.1, 0.15) is 85.7 Å². The van der Waals surface area contributed by atoms with Gasteiger partial charge in [-0.2, -0.15) is 13.2 Å². The molecule has 2 aliphatic rings. The Hall–Kier alpha value is -2.50. The van der Waals surface area contributed by atoms with Crippen LogP contribution in [-0.4, -0.2) is 54.4 Å². The molecule has 11 heteroatoms. The van der Waals surface area contributed by atoms with Crippen molar-refractivity contribution in [2.75, 3.05) is 18.9 Å². The molecule has 0 bridgehead atoms. The van der Waals surface area contributed by atoms with Crippen molar-refractivity contribution < 1.29 is 31.5 Å². The fourth-order valence-electron chi connectivity index (χ4n) is 6.00. The summed E-state index contributed by atoms with van der Waals surface area (Å²) in [4.78, 5) is 20.2. The van der Waals surface area contributed by atoms with Gasteiger partial charge in [0.15, 0.2) is 9.84 Å². The van der Waals surface area contributed by atoms with Crippen LogP contribution in [0.4, 0.5) is 13.2 Å². The molecule has 40 heavy (non-hydrogen) atoms. The number of rotatable bonds is 9. The lowest BCUT2D eigenvalue weighted by molar-refractivity contribution is -0.184. The summed E-state index contributed by atoms with van der Waals surface area (Å²) in [7, 11) is -3.36. The number of nitrogens with zero attached hydrogens (tertiary/aromatic N) is 2. The molecule has 1 unspecified atom stereocenters. The molecule has 4 rings (SSSR count). The van der Waals surface area contributed by atoms with E-state index in [4.69, 9.17) is 0 Å². The second-order valence-electron chi connectivity index (χ2n) is 11.3. The lowest BCUT2D eigenvalue weighted by Crippen LogP contribution is -2.35. The van der Waals surface area contributed by atoms with Gasteiger partial charge in [0.05, 0.1) is 46.5 Å². The highest BCUT2D eigenvalue weighted by Crippen LogP contribution is 2.43. The van der Waals surface area contributed by atoms with Crippen LogP contribution in [0.3, 0.4) is 0 Å². The fourth-order valence-corrected chi connectivity index (χ4v) is 6.88. The Balaban J connectivity index is 1.44. The first-order chi connectivity index (χ1) is 18.8. The molecule has 220 valence electrons. The molecule has 1 fully saturated rings. The predicted molar refractivity (Wildman–Crippen MR) is 145 cm³/mol. The summed E-state index contributed by atoms with van der Waals surface area (Å²) in [6.07, 6.45) is -1.15. The normalized spacial score (nSPS) is 22.8. The molecule has 0 radical (unpaired) electrons. The van der Waals surface area contributed by atoms with Crippen LogP contribution in [0.5, 0.6) is 0 Å². The molecule has 2 aromatic rings. The van der Waals surface area contributed by atoms with Gasteiger partial charge in [-0.15, -0.1) is 0 Å².